The van der Waals surface area contributed by atoms with Gasteiger partial charge in [-0.25, -0.2) is 9.59 Å². The number of halogens is 2. The van der Waals surface area contributed by atoms with Gasteiger partial charge in [-0.15, -0.1) is 45.3 Å². The molecule has 0 radical (unpaired) electrons. The predicted octanol–water partition coefficient (Wildman–Crippen LogP) is 10.8. The standard InChI is InChI=1S/C23H21ClN4O3S2.C18H20ClN3O3S.C7H9NOS/c1-14-2-7-18(32-14)21-25-10-11-27(21)15-3-5-16(6-4-15)28-13-17(31-23(28)30)12-26-22(29)19-8-9-20(24)33-19;1-2-9-20-12-3-5-13(6-4-12)22-11-14(25-18(22)24)10-21-17(23)15-7-8-16(19)26-15;1-5-3-4-6(10-5)7(8)9-2/h2-9,17H,10-13H2,1H3,(H,26,29);3-8,14,20H,2,9-11H2,1H3,(H,21,23);3-4,8H,1-2H3/t17-;14-;/m00./s1. The van der Waals surface area contributed by atoms with Crippen molar-refractivity contribution in [1.82, 2.24) is 10.6 Å². The molecule has 3 aliphatic heterocycles. The molecule has 21 heteroatoms. The van der Waals surface area contributed by atoms with Crippen molar-refractivity contribution in [1.29, 1.82) is 5.41 Å². The van der Waals surface area contributed by atoms with Crippen molar-refractivity contribution in [2.24, 2.45) is 4.99 Å². The summed E-state index contributed by atoms with van der Waals surface area (Å²) in [5.74, 6) is 0.792. The number of carbonyl (C=O) groups excluding carboxylic acids is 4. The van der Waals surface area contributed by atoms with Crippen LogP contribution < -0.4 is 30.7 Å². The van der Waals surface area contributed by atoms with E-state index in [-0.39, 0.29) is 36.9 Å². The van der Waals surface area contributed by atoms with Gasteiger partial charge in [-0.3, -0.25) is 29.8 Å². The van der Waals surface area contributed by atoms with E-state index in [0.29, 0.717) is 31.5 Å². The van der Waals surface area contributed by atoms with Gasteiger partial charge in [0.15, 0.2) is 0 Å². The van der Waals surface area contributed by atoms with Crippen LogP contribution in [0.25, 0.3) is 0 Å². The normalized spacial score (nSPS) is 16.1. The summed E-state index contributed by atoms with van der Waals surface area (Å²) in [5, 5.41) is 16.2. The van der Waals surface area contributed by atoms with E-state index in [4.69, 9.17) is 42.8 Å². The van der Waals surface area contributed by atoms with E-state index in [2.05, 4.69) is 51.8 Å². The van der Waals surface area contributed by atoms with Crippen LogP contribution in [-0.2, 0) is 14.2 Å². The van der Waals surface area contributed by atoms with Crippen molar-refractivity contribution in [3.05, 3.63) is 135 Å². The minimum absolute atomic E-state index is 0.220. The van der Waals surface area contributed by atoms with Crippen molar-refractivity contribution < 1.29 is 33.4 Å². The van der Waals surface area contributed by atoms with Crippen LogP contribution in [0.1, 0.15) is 52.2 Å². The number of nitrogens with zero attached hydrogens (tertiary/aromatic N) is 4. The smallest absolute Gasteiger partial charge is 0.414 e. The fraction of sp³-hybridized carbons (Fsp3) is 0.292. The van der Waals surface area contributed by atoms with Crippen LogP contribution >= 0.6 is 68.5 Å². The Morgan fingerprint density at radius 2 is 1.19 bits per heavy atom. The van der Waals surface area contributed by atoms with Crippen molar-refractivity contribution in [2.45, 2.75) is 39.4 Å². The number of aryl methyl sites for hydroxylation is 2. The molecule has 3 aliphatic rings. The first-order chi connectivity index (χ1) is 33.3. The molecule has 9 rings (SSSR count). The molecular formula is C48H50Cl2N8O7S4. The van der Waals surface area contributed by atoms with E-state index in [0.717, 1.165) is 64.4 Å². The number of amidine groups is 1. The number of benzene rings is 2. The van der Waals surface area contributed by atoms with Crippen LogP contribution in [-0.4, -0.2) is 101 Å². The average molecular weight is 1050 g/mol. The Bertz CT molecular complexity index is 2770. The summed E-state index contributed by atoms with van der Waals surface area (Å²) in [4.78, 5) is 64.4. The van der Waals surface area contributed by atoms with Crippen LogP contribution in [0, 0.1) is 19.3 Å². The molecule has 4 N–H and O–H groups in total. The molecule has 6 aromatic rings. The number of hydrogen-bond donors (Lipinski definition) is 4. The van der Waals surface area contributed by atoms with Gasteiger partial charge < -0.3 is 35.1 Å². The van der Waals surface area contributed by atoms with Gasteiger partial charge in [0.25, 0.3) is 11.8 Å². The first-order valence-corrected chi connectivity index (χ1v) is 25.9. The van der Waals surface area contributed by atoms with E-state index in [1.807, 2.05) is 67.6 Å². The minimum Gasteiger partial charge on any atom is -0.480 e. The van der Waals surface area contributed by atoms with Gasteiger partial charge in [0.1, 0.15) is 18.0 Å². The molecule has 0 spiro atoms. The summed E-state index contributed by atoms with van der Waals surface area (Å²) in [6.07, 6.45) is -0.585. The van der Waals surface area contributed by atoms with Crippen LogP contribution in [0.3, 0.4) is 0 Å². The predicted molar refractivity (Wildman–Crippen MR) is 281 cm³/mol. The number of anilines is 4. The second kappa shape index (κ2) is 24.0. The Morgan fingerprint density at radius 3 is 1.64 bits per heavy atom. The third kappa shape index (κ3) is 13.6. The van der Waals surface area contributed by atoms with E-state index in [9.17, 15) is 19.2 Å². The lowest BCUT2D eigenvalue weighted by Gasteiger charge is -2.21. The third-order valence-electron chi connectivity index (χ3n) is 10.5. The Hall–Kier alpha value is -5.96. The van der Waals surface area contributed by atoms with Gasteiger partial charge in [0.05, 0.1) is 68.0 Å². The number of hydrogen-bond acceptors (Lipinski definition) is 15. The second-order valence-corrected chi connectivity index (χ2v) is 21.6. The van der Waals surface area contributed by atoms with Crippen molar-refractivity contribution in [2.75, 3.05) is 72.9 Å². The number of aliphatic imine (C=N–C) groups is 1. The summed E-state index contributed by atoms with van der Waals surface area (Å²) in [6.45, 7) is 9.96. The number of methoxy groups -OCH3 is 1. The monoisotopic (exact) mass is 1050 g/mol. The lowest BCUT2D eigenvalue weighted by molar-refractivity contribution is 0.0915. The van der Waals surface area contributed by atoms with E-state index in [1.165, 1.54) is 39.5 Å². The van der Waals surface area contributed by atoms with Gasteiger partial charge in [-0.05, 0) is 117 Å². The van der Waals surface area contributed by atoms with Crippen molar-refractivity contribution in [3.63, 3.8) is 0 Å². The molecule has 2 saturated heterocycles. The summed E-state index contributed by atoms with van der Waals surface area (Å²) < 4.78 is 16.7. The zero-order valence-corrected chi connectivity index (χ0v) is 42.9. The number of rotatable bonds is 14. The molecule has 4 amide bonds. The summed E-state index contributed by atoms with van der Waals surface area (Å²) in [7, 11) is 1.51. The molecular weight excluding hydrogens is 1000 g/mol. The highest BCUT2D eigenvalue weighted by Gasteiger charge is 2.34. The highest BCUT2D eigenvalue weighted by Crippen LogP contribution is 2.30. The first kappa shape index (κ1) is 50.9. The largest absolute Gasteiger partial charge is 0.480 e. The summed E-state index contributed by atoms with van der Waals surface area (Å²) >= 11 is 17.4. The van der Waals surface area contributed by atoms with Crippen LogP contribution in [0.2, 0.25) is 8.67 Å². The zero-order valence-electron chi connectivity index (χ0n) is 38.1. The average Bonchev–Trinajstić information content (AvgIpc) is 4.23. The Labute approximate surface area is 426 Å². The molecule has 2 atom stereocenters. The van der Waals surface area contributed by atoms with Gasteiger partial charge in [-0.2, -0.15) is 0 Å². The molecule has 15 nitrogen and oxygen atoms in total. The maximum atomic E-state index is 12.4. The molecule has 7 heterocycles. The Kier molecular flexibility index (Phi) is 17.7. The molecule has 2 fully saturated rings. The molecule has 362 valence electrons. The van der Waals surface area contributed by atoms with Crippen LogP contribution in [0.15, 0.2) is 102 Å². The lowest BCUT2D eigenvalue weighted by atomic mass is 10.2. The number of nitrogens with one attached hydrogen (secondary N) is 4. The number of amides is 4. The second-order valence-electron chi connectivity index (χ2n) is 15.6. The lowest BCUT2D eigenvalue weighted by Crippen LogP contribution is -2.34. The molecule has 4 aromatic heterocycles. The molecule has 0 unspecified atom stereocenters. The van der Waals surface area contributed by atoms with E-state index < -0.39 is 18.3 Å². The minimum atomic E-state index is -0.420. The van der Waals surface area contributed by atoms with Gasteiger partial charge in [0.2, 0.25) is 5.90 Å². The number of thiophene rings is 4. The fourth-order valence-electron chi connectivity index (χ4n) is 7.10. The highest BCUT2D eigenvalue weighted by molar-refractivity contribution is 7.18. The first-order valence-electron chi connectivity index (χ1n) is 21.8. The van der Waals surface area contributed by atoms with Crippen LogP contribution in [0.5, 0.6) is 0 Å². The number of carbonyl (C=O) groups is 4. The quantitative estimate of drug-likeness (QED) is 0.0610. The molecule has 69 heavy (non-hydrogen) atoms. The number of cyclic esters (lactones) is 2. The summed E-state index contributed by atoms with van der Waals surface area (Å²) in [6, 6.07) is 30.3. The van der Waals surface area contributed by atoms with E-state index in [1.54, 1.807) is 56.7 Å². The SMILES string of the molecule is CCCNc1ccc(N2C[C@H](CNC(=O)c3ccc(Cl)s3)OC2=O)cc1.COC(=N)c1ccc(C)s1.Cc1ccc(C2=NCCN2c2ccc(N3C[C@H](CNC(=O)c4ccc(Cl)s4)OC3=O)cc2)s1. The van der Waals surface area contributed by atoms with Gasteiger partial charge >= 0.3 is 12.2 Å². The van der Waals surface area contributed by atoms with Crippen molar-refractivity contribution in [3.8, 4) is 0 Å². The number of ether oxygens (including phenoxy) is 3. The maximum Gasteiger partial charge on any atom is 0.414 e. The molecule has 0 saturated carbocycles. The van der Waals surface area contributed by atoms with Gasteiger partial charge in [0, 0.05) is 45.6 Å². The van der Waals surface area contributed by atoms with Crippen LogP contribution in [0.4, 0.5) is 32.3 Å². The van der Waals surface area contributed by atoms with Gasteiger partial charge in [-0.1, -0.05) is 30.1 Å². The Balaban J connectivity index is 0.000000173. The molecule has 2 aromatic carbocycles. The molecule has 0 bridgehead atoms. The fourth-order valence-corrected chi connectivity index (χ4v) is 10.7. The topological polar surface area (TPSA) is 178 Å². The highest BCUT2D eigenvalue weighted by atomic mass is 35.5. The van der Waals surface area contributed by atoms with Crippen molar-refractivity contribution >= 4 is 127 Å². The maximum absolute atomic E-state index is 12.4. The zero-order chi connectivity index (χ0) is 49.0. The van der Waals surface area contributed by atoms with E-state index >= 15 is 0 Å². The molecule has 0 aliphatic carbocycles. The Morgan fingerprint density at radius 1 is 0.696 bits per heavy atom. The third-order valence-corrected chi connectivity index (χ3v) is 15.0. The summed E-state index contributed by atoms with van der Waals surface area (Å²) in [5.41, 5.74) is 3.58.